The molecule has 5 nitrogen and oxygen atoms in total. The van der Waals surface area contributed by atoms with Gasteiger partial charge in [-0.3, -0.25) is 9.59 Å². The summed E-state index contributed by atoms with van der Waals surface area (Å²) in [5.74, 6) is -1.68. The Balaban J connectivity index is 1.71. The van der Waals surface area contributed by atoms with E-state index in [1.165, 1.54) is 6.07 Å². The second-order valence-corrected chi connectivity index (χ2v) is 10.8. The number of hydrogen-bond donors (Lipinski definition) is 2. The molecule has 3 aromatic rings. The van der Waals surface area contributed by atoms with E-state index < -0.39 is 23.7 Å². The summed E-state index contributed by atoms with van der Waals surface area (Å²) in [6.45, 7) is 8.40. The van der Waals surface area contributed by atoms with Crippen molar-refractivity contribution in [2.75, 3.05) is 11.9 Å². The van der Waals surface area contributed by atoms with Crippen molar-refractivity contribution < 1.29 is 19.1 Å². The zero-order valence-electron chi connectivity index (χ0n) is 21.9. The zero-order chi connectivity index (χ0) is 26.7. The number of likely N-dealkylation sites (tertiary alicyclic amines) is 1. The van der Waals surface area contributed by atoms with E-state index >= 15 is 0 Å². The molecule has 0 radical (unpaired) electrons. The minimum absolute atomic E-state index is 0.0402. The van der Waals surface area contributed by atoms with Crippen molar-refractivity contribution in [1.82, 2.24) is 4.90 Å². The molecule has 37 heavy (non-hydrogen) atoms. The Labute approximate surface area is 218 Å². The van der Waals surface area contributed by atoms with E-state index in [2.05, 4.69) is 26.1 Å². The van der Waals surface area contributed by atoms with Crippen molar-refractivity contribution in [2.24, 2.45) is 5.92 Å². The Morgan fingerprint density at radius 1 is 1.05 bits per heavy atom. The first-order valence-corrected chi connectivity index (χ1v) is 12.8. The number of halogens is 1. The standard InChI is InChI=1S/C31H35FN2O3/c1-20-8-5-12-26(32)27(20)30(37)34-17-7-11-25(28(34)22-15-13-21(19-35)14-16-22)29(36)33-24-10-6-9-23(18-24)31(2,3)4/h5-6,8-10,12-16,18,25,28,35H,7,11,17,19H2,1-4H3,(H,33,36)/t25?,28-/m0/s1. The van der Waals surface area contributed by atoms with Gasteiger partial charge in [-0.1, -0.05) is 69.3 Å². The number of benzene rings is 3. The summed E-state index contributed by atoms with van der Waals surface area (Å²) in [6.07, 6.45) is 1.22. The third kappa shape index (κ3) is 5.75. The van der Waals surface area contributed by atoms with E-state index in [1.807, 2.05) is 36.4 Å². The largest absolute Gasteiger partial charge is 0.392 e. The summed E-state index contributed by atoms with van der Waals surface area (Å²) in [7, 11) is 0. The maximum atomic E-state index is 14.8. The number of amides is 2. The van der Waals surface area contributed by atoms with E-state index in [0.717, 1.165) is 16.7 Å². The molecule has 2 atom stereocenters. The molecule has 4 rings (SSSR count). The van der Waals surface area contributed by atoms with Gasteiger partial charge in [0.25, 0.3) is 5.91 Å². The number of carbonyl (C=O) groups excluding carboxylic acids is 2. The molecule has 1 fully saturated rings. The molecule has 1 saturated heterocycles. The Morgan fingerprint density at radius 3 is 2.41 bits per heavy atom. The number of nitrogens with zero attached hydrogens (tertiary/aromatic N) is 1. The Bertz CT molecular complexity index is 1260. The van der Waals surface area contributed by atoms with Crippen molar-refractivity contribution in [3.63, 3.8) is 0 Å². The van der Waals surface area contributed by atoms with E-state index in [1.54, 1.807) is 36.1 Å². The minimum atomic E-state index is -0.571. The number of carbonyl (C=O) groups is 2. The van der Waals surface area contributed by atoms with Crippen LogP contribution in [0.2, 0.25) is 0 Å². The van der Waals surface area contributed by atoms with Gasteiger partial charge in [0.15, 0.2) is 0 Å². The molecular formula is C31H35FN2O3. The van der Waals surface area contributed by atoms with Crippen LogP contribution < -0.4 is 5.32 Å². The first kappa shape index (κ1) is 26.6. The van der Waals surface area contributed by atoms with Crippen LogP contribution in [0.1, 0.15) is 72.3 Å². The van der Waals surface area contributed by atoms with Crippen LogP contribution >= 0.6 is 0 Å². The minimum Gasteiger partial charge on any atom is -0.392 e. The molecule has 1 heterocycles. The highest BCUT2D eigenvalue weighted by atomic mass is 19.1. The zero-order valence-corrected chi connectivity index (χ0v) is 21.9. The summed E-state index contributed by atoms with van der Waals surface area (Å²) in [5.41, 5.74) is 3.87. The lowest BCUT2D eigenvalue weighted by molar-refractivity contribution is -0.123. The van der Waals surface area contributed by atoms with Gasteiger partial charge < -0.3 is 15.3 Å². The number of nitrogens with one attached hydrogen (secondary N) is 1. The molecule has 2 amide bonds. The van der Waals surface area contributed by atoms with Gasteiger partial charge in [-0.2, -0.15) is 0 Å². The molecule has 0 spiro atoms. The summed E-state index contributed by atoms with van der Waals surface area (Å²) in [4.78, 5) is 29.1. The Kier molecular flexibility index (Phi) is 7.79. The molecular weight excluding hydrogens is 467 g/mol. The second kappa shape index (κ2) is 10.9. The van der Waals surface area contributed by atoms with Crippen LogP contribution in [0.5, 0.6) is 0 Å². The van der Waals surface area contributed by atoms with Gasteiger partial charge in [0, 0.05) is 12.2 Å². The number of anilines is 1. The van der Waals surface area contributed by atoms with Crippen LogP contribution in [0, 0.1) is 18.7 Å². The maximum absolute atomic E-state index is 14.8. The van der Waals surface area contributed by atoms with Crippen LogP contribution in [-0.2, 0) is 16.8 Å². The van der Waals surface area contributed by atoms with Gasteiger partial charge in [0.1, 0.15) is 5.82 Å². The topological polar surface area (TPSA) is 69.6 Å². The van der Waals surface area contributed by atoms with Crippen LogP contribution in [-0.4, -0.2) is 28.4 Å². The van der Waals surface area contributed by atoms with Crippen molar-refractivity contribution in [1.29, 1.82) is 0 Å². The molecule has 0 aromatic heterocycles. The number of aryl methyl sites for hydroxylation is 1. The Hall–Kier alpha value is -3.51. The third-order valence-electron chi connectivity index (χ3n) is 7.16. The van der Waals surface area contributed by atoms with Gasteiger partial charge in [-0.25, -0.2) is 4.39 Å². The third-order valence-corrected chi connectivity index (χ3v) is 7.16. The molecule has 1 unspecified atom stereocenters. The van der Waals surface area contributed by atoms with Gasteiger partial charge in [-0.05, 0) is 65.6 Å². The summed E-state index contributed by atoms with van der Waals surface area (Å²) >= 11 is 0. The smallest absolute Gasteiger partial charge is 0.257 e. The summed E-state index contributed by atoms with van der Waals surface area (Å²) < 4.78 is 14.8. The fourth-order valence-electron chi connectivity index (χ4n) is 5.08. The van der Waals surface area contributed by atoms with Crippen molar-refractivity contribution >= 4 is 17.5 Å². The Morgan fingerprint density at radius 2 is 1.76 bits per heavy atom. The quantitative estimate of drug-likeness (QED) is 0.439. The molecule has 194 valence electrons. The molecule has 6 heteroatoms. The van der Waals surface area contributed by atoms with Crippen molar-refractivity contribution in [2.45, 2.75) is 58.6 Å². The number of hydrogen-bond acceptors (Lipinski definition) is 3. The fourth-order valence-corrected chi connectivity index (χ4v) is 5.08. The summed E-state index contributed by atoms with van der Waals surface area (Å²) in [5, 5.41) is 12.6. The van der Waals surface area contributed by atoms with Gasteiger partial charge in [0.2, 0.25) is 5.91 Å². The molecule has 0 saturated carbocycles. The van der Waals surface area contributed by atoms with Gasteiger partial charge in [-0.15, -0.1) is 0 Å². The second-order valence-electron chi connectivity index (χ2n) is 10.8. The average molecular weight is 503 g/mol. The van der Waals surface area contributed by atoms with E-state index in [4.69, 9.17) is 0 Å². The summed E-state index contributed by atoms with van der Waals surface area (Å²) in [6, 6.07) is 19.1. The average Bonchev–Trinajstić information content (AvgIpc) is 2.87. The first-order valence-electron chi connectivity index (χ1n) is 12.8. The predicted octanol–water partition coefficient (Wildman–Crippen LogP) is 6.16. The van der Waals surface area contributed by atoms with Crippen LogP contribution in [0.15, 0.2) is 66.7 Å². The molecule has 3 aromatic carbocycles. The van der Waals surface area contributed by atoms with Crippen LogP contribution in [0.25, 0.3) is 0 Å². The molecule has 0 aliphatic carbocycles. The van der Waals surface area contributed by atoms with Crippen molar-refractivity contribution in [3.05, 3.63) is 100 Å². The van der Waals surface area contributed by atoms with E-state index in [-0.39, 0.29) is 23.5 Å². The molecule has 2 N–H and O–H groups in total. The van der Waals surface area contributed by atoms with Crippen molar-refractivity contribution in [3.8, 4) is 0 Å². The highest BCUT2D eigenvalue weighted by molar-refractivity contribution is 5.98. The fraction of sp³-hybridized carbons (Fsp3) is 0.355. The molecule has 0 bridgehead atoms. The SMILES string of the molecule is Cc1cccc(F)c1C(=O)N1CCCC(C(=O)Nc2cccc(C(C)(C)C)c2)[C@@H]1c1ccc(CO)cc1. The normalized spacial score (nSPS) is 17.9. The van der Waals surface area contributed by atoms with Crippen LogP contribution in [0.4, 0.5) is 10.1 Å². The highest BCUT2D eigenvalue weighted by Gasteiger charge is 2.40. The number of piperidine rings is 1. The number of aliphatic hydroxyl groups is 1. The van der Waals surface area contributed by atoms with E-state index in [9.17, 15) is 19.1 Å². The number of aliphatic hydroxyl groups excluding tert-OH is 1. The highest BCUT2D eigenvalue weighted by Crippen LogP contribution is 2.39. The van der Waals surface area contributed by atoms with E-state index in [0.29, 0.717) is 30.6 Å². The number of rotatable bonds is 5. The van der Waals surface area contributed by atoms with Crippen LogP contribution in [0.3, 0.4) is 0 Å². The maximum Gasteiger partial charge on any atom is 0.257 e. The van der Waals surface area contributed by atoms with Gasteiger partial charge in [0.05, 0.1) is 24.1 Å². The lowest BCUT2D eigenvalue weighted by Gasteiger charge is -2.41. The first-order chi connectivity index (χ1) is 17.6. The lowest BCUT2D eigenvalue weighted by Crippen LogP contribution is -2.46. The monoisotopic (exact) mass is 502 g/mol. The predicted molar refractivity (Wildman–Crippen MR) is 144 cm³/mol. The van der Waals surface area contributed by atoms with Gasteiger partial charge >= 0.3 is 0 Å². The molecule has 1 aliphatic rings. The molecule has 1 aliphatic heterocycles. The lowest BCUT2D eigenvalue weighted by atomic mass is 9.83.